The molecular formula is C22H19FN6O2S. The van der Waals surface area contributed by atoms with Gasteiger partial charge in [-0.15, -0.1) is 10.2 Å². The molecule has 0 saturated carbocycles. The summed E-state index contributed by atoms with van der Waals surface area (Å²) in [5.41, 5.74) is 3.51. The standard InChI is InChI=1S/C22H19FN6O2S/c1-13-2-3-15(17-8-9-24-27-21(17)30)10-18(13)25-22-28-26-20-12-32(31)11-19(29(20)22)14-4-6-16(23)7-5-14/h2-10,19H,11-12H2,1H3,(H,25,28)(H,27,30)/t19-,32?/m0/s1. The van der Waals surface area contributed by atoms with Crippen molar-refractivity contribution in [3.63, 3.8) is 0 Å². The van der Waals surface area contributed by atoms with Crippen molar-refractivity contribution in [1.82, 2.24) is 25.0 Å². The Morgan fingerprint density at radius 3 is 2.75 bits per heavy atom. The molecule has 0 amide bonds. The Morgan fingerprint density at radius 1 is 1.16 bits per heavy atom. The van der Waals surface area contributed by atoms with Crippen LogP contribution in [0.15, 0.2) is 59.5 Å². The second-order valence-electron chi connectivity index (χ2n) is 7.58. The van der Waals surface area contributed by atoms with E-state index in [1.807, 2.05) is 29.7 Å². The lowest BCUT2D eigenvalue weighted by molar-refractivity contribution is 0.588. The molecule has 0 aliphatic carbocycles. The number of nitrogens with zero attached hydrogens (tertiary/aromatic N) is 4. The summed E-state index contributed by atoms with van der Waals surface area (Å²) >= 11 is 0. The first kappa shape index (κ1) is 20.3. The van der Waals surface area contributed by atoms with Gasteiger partial charge in [-0.3, -0.25) is 13.6 Å². The van der Waals surface area contributed by atoms with Crippen LogP contribution in [0.1, 0.15) is 23.0 Å². The molecule has 2 atom stereocenters. The smallest absolute Gasteiger partial charge is 0.272 e. The summed E-state index contributed by atoms with van der Waals surface area (Å²) in [7, 11) is -1.10. The quantitative estimate of drug-likeness (QED) is 0.495. The third-order valence-corrected chi connectivity index (χ3v) is 6.76. The molecule has 0 spiro atoms. The van der Waals surface area contributed by atoms with Crippen molar-refractivity contribution < 1.29 is 8.60 Å². The monoisotopic (exact) mass is 450 g/mol. The van der Waals surface area contributed by atoms with Crippen molar-refractivity contribution in [3.8, 4) is 11.1 Å². The number of fused-ring (bicyclic) bond motifs is 1. The maximum Gasteiger partial charge on any atom is 0.272 e. The van der Waals surface area contributed by atoms with Gasteiger partial charge in [0.05, 0.1) is 17.4 Å². The first-order chi connectivity index (χ1) is 15.5. The van der Waals surface area contributed by atoms with Gasteiger partial charge in [-0.2, -0.15) is 5.10 Å². The fourth-order valence-electron chi connectivity index (χ4n) is 3.83. The summed E-state index contributed by atoms with van der Waals surface area (Å²) in [4.78, 5) is 12.2. The van der Waals surface area contributed by atoms with Crippen molar-refractivity contribution in [1.29, 1.82) is 0 Å². The molecule has 32 heavy (non-hydrogen) atoms. The number of rotatable bonds is 4. The largest absolute Gasteiger partial charge is 0.324 e. The van der Waals surface area contributed by atoms with Gasteiger partial charge in [-0.05, 0) is 47.9 Å². The SMILES string of the molecule is Cc1ccc(-c2ccn[nH]c2=O)cc1Nc1nnc2n1[C@H](c1ccc(F)cc1)CS(=O)C2. The van der Waals surface area contributed by atoms with E-state index in [1.165, 1.54) is 18.3 Å². The van der Waals surface area contributed by atoms with E-state index in [0.717, 1.165) is 22.4 Å². The van der Waals surface area contributed by atoms with Crippen LogP contribution in [0.5, 0.6) is 0 Å². The number of aryl methyl sites for hydroxylation is 1. The summed E-state index contributed by atoms with van der Waals surface area (Å²) in [5, 5.41) is 18.1. The number of nitrogens with one attached hydrogen (secondary N) is 2. The van der Waals surface area contributed by atoms with E-state index in [9.17, 15) is 13.4 Å². The molecule has 1 aliphatic heterocycles. The molecule has 2 aromatic carbocycles. The molecule has 2 N–H and O–H groups in total. The van der Waals surface area contributed by atoms with Crippen molar-refractivity contribution in [3.05, 3.63) is 87.9 Å². The summed E-state index contributed by atoms with van der Waals surface area (Å²) in [6, 6.07) is 13.2. The fourth-order valence-corrected chi connectivity index (χ4v) is 5.13. The van der Waals surface area contributed by atoms with Crippen LogP contribution in [0.25, 0.3) is 11.1 Å². The molecule has 2 aromatic heterocycles. The van der Waals surface area contributed by atoms with Crippen LogP contribution in [0.4, 0.5) is 16.0 Å². The first-order valence-corrected chi connectivity index (χ1v) is 11.4. The fraction of sp³-hybridized carbons (Fsp3) is 0.182. The van der Waals surface area contributed by atoms with Gasteiger partial charge in [0.1, 0.15) is 11.6 Å². The van der Waals surface area contributed by atoms with E-state index in [0.29, 0.717) is 28.8 Å². The number of halogens is 1. The number of anilines is 2. The van der Waals surface area contributed by atoms with Gasteiger partial charge in [-0.25, -0.2) is 9.49 Å². The minimum absolute atomic E-state index is 0.277. The van der Waals surface area contributed by atoms with Crippen molar-refractivity contribution in [2.75, 3.05) is 11.1 Å². The molecule has 10 heteroatoms. The minimum atomic E-state index is -1.10. The molecule has 0 fully saturated rings. The molecule has 5 rings (SSSR count). The van der Waals surface area contributed by atoms with Crippen LogP contribution in [0.3, 0.4) is 0 Å². The lowest BCUT2D eigenvalue weighted by Crippen LogP contribution is -2.27. The Kier molecular flexibility index (Phi) is 5.14. The van der Waals surface area contributed by atoms with Crippen LogP contribution in [-0.2, 0) is 16.6 Å². The topological polar surface area (TPSA) is 106 Å². The summed E-state index contributed by atoms with van der Waals surface area (Å²) in [6.45, 7) is 1.95. The van der Waals surface area contributed by atoms with Gasteiger partial charge >= 0.3 is 0 Å². The third-order valence-electron chi connectivity index (χ3n) is 5.49. The van der Waals surface area contributed by atoms with Crippen molar-refractivity contribution >= 4 is 22.4 Å². The Bertz CT molecular complexity index is 1380. The molecule has 1 aliphatic rings. The van der Waals surface area contributed by atoms with Gasteiger partial charge < -0.3 is 5.32 Å². The molecule has 162 valence electrons. The molecule has 1 unspecified atom stereocenters. The predicted molar refractivity (Wildman–Crippen MR) is 120 cm³/mol. The van der Waals surface area contributed by atoms with Gasteiger partial charge in [0, 0.05) is 28.4 Å². The van der Waals surface area contributed by atoms with Crippen LogP contribution >= 0.6 is 0 Å². The van der Waals surface area contributed by atoms with Crippen molar-refractivity contribution in [2.24, 2.45) is 0 Å². The summed E-state index contributed by atoms with van der Waals surface area (Å²) < 4.78 is 27.8. The Hall–Kier alpha value is -3.66. The van der Waals surface area contributed by atoms with Crippen LogP contribution in [0.2, 0.25) is 0 Å². The minimum Gasteiger partial charge on any atom is -0.324 e. The molecule has 0 radical (unpaired) electrons. The molecule has 0 bridgehead atoms. The molecule has 3 heterocycles. The van der Waals surface area contributed by atoms with E-state index >= 15 is 0 Å². The van der Waals surface area contributed by atoms with Crippen LogP contribution in [-0.4, -0.2) is 34.9 Å². The highest BCUT2D eigenvalue weighted by atomic mass is 32.2. The Morgan fingerprint density at radius 2 is 1.97 bits per heavy atom. The summed E-state index contributed by atoms with van der Waals surface area (Å²) in [5.74, 6) is 1.46. The van der Waals surface area contributed by atoms with Gasteiger partial charge in [0.25, 0.3) is 5.56 Å². The summed E-state index contributed by atoms with van der Waals surface area (Å²) in [6.07, 6.45) is 1.53. The molecule has 0 saturated heterocycles. The number of H-pyrrole nitrogens is 1. The van der Waals surface area contributed by atoms with E-state index in [-0.39, 0.29) is 17.4 Å². The van der Waals surface area contributed by atoms with Crippen LogP contribution in [0, 0.1) is 12.7 Å². The van der Waals surface area contributed by atoms with Crippen LogP contribution < -0.4 is 10.9 Å². The van der Waals surface area contributed by atoms with Gasteiger partial charge in [-0.1, -0.05) is 24.3 Å². The normalized spacial score (nSPS) is 17.7. The average molecular weight is 450 g/mol. The maximum absolute atomic E-state index is 13.5. The zero-order chi connectivity index (χ0) is 22.2. The van der Waals surface area contributed by atoms with E-state index in [1.54, 1.807) is 18.2 Å². The maximum atomic E-state index is 13.5. The number of hydrogen-bond donors (Lipinski definition) is 2. The highest BCUT2D eigenvalue weighted by molar-refractivity contribution is 7.84. The zero-order valence-corrected chi connectivity index (χ0v) is 17.9. The van der Waals surface area contributed by atoms with Gasteiger partial charge in [0.15, 0.2) is 0 Å². The first-order valence-electron chi connectivity index (χ1n) is 9.95. The van der Waals surface area contributed by atoms with E-state index in [2.05, 4.69) is 25.7 Å². The number of aromatic amines is 1. The Labute approximate surface area is 185 Å². The van der Waals surface area contributed by atoms with Gasteiger partial charge in [0.2, 0.25) is 5.95 Å². The number of benzene rings is 2. The molecule has 4 aromatic rings. The molecule has 8 nitrogen and oxygen atoms in total. The second-order valence-corrected chi connectivity index (χ2v) is 9.08. The predicted octanol–water partition coefficient (Wildman–Crippen LogP) is 3.07. The average Bonchev–Trinajstić information content (AvgIpc) is 3.18. The third kappa shape index (κ3) is 3.73. The number of aromatic nitrogens is 5. The highest BCUT2D eigenvalue weighted by Crippen LogP contribution is 2.32. The lowest BCUT2D eigenvalue weighted by Gasteiger charge is -2.26. The molecular weight excluding hydrogens is 431 g/mol. The Balaban J connectivity index is 1.55. The lowest BCUT2D eigenvalue weighted by atomic mass is 10.0. The second kappa shape index (κ2) is 8.12. The van der Waals surface area contributed by atoms with Crippen molar-refractivity contribution in [2.45, 2.75) is 18.7 Å². The van der Waals surface area contributed by atoms with E-state index in [4.69, 9.17) is 0 Å². The zero-order valence-electron chi connectivity index (χ0n) is 17.1. The highest BCUT2D eigenvalue weighted by Gasteiger charge is 2.30. The van der Waals surface area contributed by atoms with E-state index < -0.39 is 10.8 Å². The number of hydrogen-bond acceptors (Lipinski definition) is 6.